The van der Waals surface area contributed by atoms with E-state index in [1.54, 1.807) is 69.3 Å². The second kappa shape index (κ2) is 14.8. The Labute approximate surface area is 265 Å². The van der Waals surface area contributed by atoms with E-state index in [4.69, 9.17) is 29.9 Å². The Balaban J connectivity index is 2.09. The van der Waals surface area contributed by atoms with Crippen LogP contribution >= 0.6 is 19.4 Å². The summed E-state index contributed by atoms with van der Waals surface area (Å²) in [5.41, 5.74) is -2.96. The number of halogens is 4. The molecule has 9 nitrogen and oxygen atoms in total. The van der Waals surface area contributed by atoms with Gasteiger partial charge in [0.2, 0.25) is 5.88 Å². The van der Waals surface area contributed by atoms with Crippen molar-refractivity contribution in [1.29, 1.82) is 5.26 Å². The third-order valence-electron chi connectivity index (χ3n) is 6.73. The molecular weight excluding hydrogens is 634 g/mol. The average molecular weight is 668 g/mol. The SMILES string of the molecule is CCOP(=O)(OCC)OC(Cc1ccc(Cl)cc1)(c1cccc(C#N)c1)[C@H](C)NC(=O)C(C)(C)Oc1ccc(C(F)(F)F)cn1. The van der Waals surface area contributed by atoms with Crippen molar-refractivity contribution < 1.29 is 40.8 Å². The zero-order chi connectivity index (χ0) is 33.5. The molecule has 45 heavy (non-hydrogen) atoms. The molecule has 1 heterocycles. The summed E-state index contributed by atoms with van der Waals surface area (Å²) < 4.78 is 76.0. The Morgan fingerprint density at radius 3 is 2.22 bits per heavy atom. The molecule has 0 saturated heterocycles. The number of nitrogens with zero attached hydrogens (tertiary/aromatic N) is 2. The van der Waals surface area contributed by atoms with Crippen molar-refractivity contribution in [3.63, 3.8) is 0 Å². The zero-order valence-corrected chi connectivity index (χ0v) is 27.0. The van der Waals surface area contributed by atoms with Gasteiger partial charge in [-0.3, -0.25) is 18.4 Å². The molecule has 14 heteroatoms. The number of pyridine rings is 1. The van der Waals surface area contributed by atoms with Gasteiger partial charge in [0.05, 0.1) is 36.5 Å². The lowest BCUT2D eigenvalue weighted by molar-refractivity contribution is -0.139. The number of hydrogen-bond donors (Lipinski definition) is 1. The first-order chi connectivity index (χ1) is 21.1. The number of hydrogen-bond acceptors (Lipinski definition) is 8. The van der Waals surface area contributed by atoms with Gasteiger partial charge in [-0.15, -0.1) is 0 Å². The van der Waals surface area contributed by atoms with Crippen molar-refractivity contribution in [2.75, 3.05) is 13.2 Å². The van der Waals surface area contributed by atoms with Crippen LogP contribution in [0, 0.1) is 11.3 Å². The molecule has 0 bridgehead atoms. The quantitative estimate of drug-likeness (QED) is 0.174. The molecule has 0 aliphatic carbocycles. The number of nitrogens with one attached hydrogen (secondary N) is 1. The first-order valence-corrected chi connectivity index (χ1v) is 15.8. The molecule has 0 fully saturated rings. The Bertz CT molecular complexity index is 1540. The van der Waals surface area contributed by atoms with Crippen LogP contribution in [0.1, 0.15) is 56.9 Å². The van der Waals surface area contributed by atoms with E-state index < -0.39 is 42.7 Å². The molecule has 0 aliphatic rings. The fraction of sp³-hybridized carbons (Fsp3) is 0.387. The van der Waals surface area contributed by atoms with Crippen LogP contribution in [0.3, 0.4) is 0 Å². The number of ether oxygens (including phenoxy) is 1. The van der Waals surface area contributed by atoms with Crippen LogP contribution in [0.25, 0.3) is 0 Å². The van der Waals surface area contributed by atoms with E-state index in [1.165, 1.54) is 13.8 Å². The smallest absolute Gasteiger partial charge is 0.462 e. The summed E-state index contributed by atoms with van der Waals surface area (Å²) in [7, 11) is -4.28. The summed E-state index contributed by atoms with van der Waals surface area (Å²) in [6, 6.07) is 16.1. The number of benzene rings is 2. The van der Waals surface area contributed by atoms with Gasteiger partial charge in [0.1, 0.15) is 5.60 Å². The van der Waals surface area contributed by atoms with Crippen LogP contribution in [0.4, 0.5) is 13.2 Å². The maximum atomic E-state index is 13.9. The number of carbonyl (C=O) groups excluding carboxylic acids is 1. The molecule has 1 aromatic heterocycles. The van der Waals surface area contributed by atoms with E-state index >= 15 is 0 Å². The minimum Gasteiger partial charge on any atom is -0.462 e. The molecule has 0 saturated carbocycles. The first-order valence-electron chi connectivity index (χ1n) is 14.0. The van der Waals surface area contributed by atoms with Gasteiger partial charge >= 0.3 is 14.0 Å². The number of phosphoric acid groups is 1. The molecule has 3 aromatic rings. The molecular formula is C31H34ClF3N3O6P. The van der Waals surface area contributed by atoms with Gasteiger partial charge in [0, 0.05) is 23.7 Å². The van der Waals surface area contributed by atoms with Crippen molar-refractivity contribution in [2.24, 2.45) is 0 Å². The summed E-state index contributed by atoms with van der Waals surface area (Å²) in [4.78, 5) is 17.4. The number of alkyl halides is 3. The van der Waals surface area contributed by atoms with Crippen LogP contribution in [0.15, 0.2) is 66.9 Å². The highest BCUT2D eigenvalue weighted by Crippen LogP contribution is 2.56. The zero-order valence-electron chi connectivity index (χ0n) is 25.4. The van der Waals surface area contributed by atoms with Crippen LogP contribution in [0.2, 0.25) is 5.02 Å². The second-order valence-corrected chi connectivity index (χ2v) is 12.5. The van der Waals surface area contributed by atoms with Crippen LogP contribution < -0.4 is 10.1 Å². The highest BCUT2D eigenvalue weighted by atomic mass is 35.5. The molecule has 1 N–H and O–H groups in total. The number of phosphoric ester groups is 1. The normalized spacial score (nSPS) is 14.2. The first kappa shape index (κ1) is 36.0. The molecule has 3 rings (SSSR count). The van der Waals surface area contributed by atoms with Gasteiger partial charge < -0.3 is 10.1 Å². The van der Waals surface area contributed by atoms with Gasteiger partial charge in [-0.1, -0.05) is 35.9 Å². The van der Waals surface area contributed by atoms with E-state index in [0.29, 0.717) is 22.3 Å². The summed E-state index contributed by atoms with van der Waals surface area (Å²) >= 11 is 6.12. The second-order valence-electron chi connectivity index (χ2n) is 10.4. The molecule has 2 atom stereocenters. The fourth-order valence-electron chi connectivity index (χ4n) is 4.44. The molecule has 1 unspecified atom stereocenters. The van der Waals surface area contributed by atoms with E-state index in [2.05, 4.69) is 16.4 Å². The lowest BCUT2D eigenvalue weighted by atomic mass is 9.81. The minimum atomic E-state index is -4.59. The summed E-state index contributed by atoms with van der Waals surface area (Å²) in [5.74, 6) is -0.904. The highest BCUT2D eigenvalue weighted by molar-refractivity contribution is 7.48. The van der Waals surface area contributed by atoms with Crippen molar-refractivity contribution >= 4 is 25.3 Å². The minimum absolute atomic E-state index is 0.00633. The highest BCUT2D eigenvalue weighted by Gasteiger charge is 2.49. The average Bonchev–Trinajstić information content (AvgIpc) is 2.97. The Hall–Kier alpha value is -3.46. The summed E-state index contributed by atoms with van der Waals surface area (Å²) in [6.45, 7) is 7.64. The van der Waals surface area contributed by atoms with Gasteiger partial charge in [0.25, 0.3) is 5.91 Å². The van der Waals surface area contributed by atoms with Crippen LogP contribution in [-0.4, -0.2) is 35.7 Å². The van der Waals surface area contributed by atoms with E-state index in [-0.39, 0.29) is 31.1 Å². The van der Waals surface area contributed by atoms with Crippen molar-refractivity contribution in [3.8, 4) is 11.9 Å². The standard InChI is InChI=1S/C31H34ClF3N3O6P/c1-6-41-45(40,42-7-2)44-30(18-22-11-14-26(32)15-12-22,24-10-8-9-23(17-24)19-36)21(3)38-28(39)29(4,5)43-27-16-13-25(20-37-27)31(33,34)35/h8-17,20-21H,6-7,18H2,1-5H3,(H,38,39)/t21-,30?/m0/s1. The number of aromatic nitrogens is 1. The van der Waals surface area contributed by atoms with E-state index in [0.717, 1.165) is 12.1 Å². The molecule has 0 aliphatic heterocycles. The van der Waals surface area contributed by atoms with Crippen molar-refractivity contribution in [2.45, 2.75) is 64.5 Å². The van der Waals surface area contributed by atoms with Crippen molar-refractivity contribution in [3.05, 3.63) is 94.1 Å². The molecule has 242 valence electrons. The Kier molecular flexibility index (Phi) is 11.8. The Morgan fingerprint density at radius 1 is 1.04 bits per heavy atom. The number of nitriles is 1. The lowest BCUT2D eigenvalue weighted by Crippen LogP contribution is -2.57. The maximum Gasteiger partial charge on any atom is 0.475 e. The van der Waals surface area contributed by atoms with E-state index in [1.807, 2.05) is 0 Å². The summed E-state index contributed by atoms with van der Waals surface area (Å²) in [6.07, 6.45) is -3.98. The monoisotopic (exact) mass is 667 g/mol. The lowest BCUT2D eigenvalue weighted by Gasteiger charge is -2.42. The maximum absolute atomic E-state index is 13.9. The van der Waals surface area contributed by atoms with Gasteiger partial charge in [-0.25, -0.2) is 9.55 Å². The predicted molar refractivity (Wildman–Crippen MR) is 161 cm³/mol. The largest absolute Gasteiger partial charge is 0.475 e. The van der Waals surface area contributed by atoms with E-state index in [9.17, 15) is 27.8 Å². The van der Waals surface area contributed by atoms with Crippen LogP contribution in [0.5, 0.6) is 5.88 Å². The third kappa shape index (κ3) is 9.28. The molecule has 2 aromatic carbocycles. The topological polar surface area (TPSA) is 120 Å². The Morgan fingerprint density at radius 2 is 1.69 bits per heavy atom. The summed E-state index contributed by atoms with van der Waals surface area (Å²) in [5, 5.41) is 13.0. The van der Waals surface area contributed by atoms with Crippen molar-refractivity contribution in [1.82, 2.24) is 10.3 Å². The molecule has 1 amide bonds. The fourth-order valence-corrected chi connectivity index (χ4v) is 6.10. The molecule has 0 spiro atoms. The number of rotatable bonds is 14. The van der Waals surface area contributed by atoms with Gasteiger partial charge in [0.15, 0.2) is 5.60 Å². The van der Waals surface area contributed by atoms with Gasteiger partial charge in [-0.05, 0) is 76.1 Å². The van der Waals surface area contributed by atoms with Gasteiger partial charge in [-0.2, -0.15) is 18.4 Å². The number of amides is 1. The van der Waals surface area contributed by atoms with Crippen LogP contribution in [-0.2, 0) is 41.1 Å². The number of carbonyl (C=O) groups is 1. The molecule has 0 radical (unpaired) electrons. The predicted octanol–water partition coefficient (Wildman–Crippen LogP) is 7.62. The third-order valence-corrected chi connectivity index (χ3v) is 8.68.